The van der Waals surface area contributed by atoms with E-state index in [1.807, 2.05) is 11.6 Å². The fourth-order valence-electron chi connectivity index (χ4n) is 2.47. The highest BCUT2D eigenvalue weighted by Gasteiger charge is 2.26. The van der Waals surface area contributed by atoms with Crippen molar-refractivity contribution in [1.82, 2.24) is 9.78 Å². The average molecular weight is 347 g/mol. The first-order valence-corrected chi connectivity index (χ1v) is 8.29. The maximum absolute atomic E-state index is 10.5. The minimum atomic E-state index is -0.516. The Bertz CT molecular complexity index is 418. The van der Waals surface area contributed by atoms with Gasteiger partial charge in [-0.3, -0.25) is 4.68 Å². The summed E-state index contributed by atoms with van der Waals surface area (Å²) in [6.45, 7) is 11.7. The van der Waals surface area contributed by atoms with Gasteiger partial charge in [0.25, 0.3) is 0 Å². The Hall–Kier alpha value is -0.390. The monoisotopic (exact) mass is 346 g/mol. The first kappa shape index (κ1) is 17.7. The van der Waals surface area contributed by atoms with Crippen LogP contribution in [0.5, 0.6) is 0 Å². The van der Waals surface area contributed by atoms with Crippen molar-refractivity contribution < 1.29 is 9.84 Å². The van der Waals surface area contributed by atoms with Crippen molar-refractivity contribution in [2.75, 3.05) is 6.61 Å². The molecule has 0 aromatic carbocycles. The second kappa shape index (κ2) is 8.15. The molecule has 20 heavy (non-hydrogen) atoms. The molecule has 1 heterocycles. The second-order valence-corrected chi connectivity index (χ2v) is 6.11. The lowest BCUT2D eigenvalue weighted by Crippen LogP contribution is -2.36. The minimum absolute atomic E-state index is 0.141. The van der Waals surface area contributed by atoms with Crippen molar-refractivity contribution >= 4 is 15.9 Å². The van der Waals surface area contributed by atoms with E-state index in [1.165, 1.54) is 0 Å². The zero-order valence-corrected chi connectivity index (χ0v) is 14.8. The lowest BCUT2D eigenvalue weighted by Gasteiger charge is -2.26. The van der Waals surface area contributed by atoms with Gasteiger partial charge in [0.2, 0.25) is 0 Å². The topological polar surface area (TPSA) is 47.3 Å². The number of aromatic nitrogens is 2. The molecule has 0 bridgehead atoms. The van der Waals surface area contributed by atoms with Crippen LogP contribution in [0, 0.1) is 5.92 Å². The van der Waals surface area contributed by atoms with E-state index in [4.69, 9.17) is 4.74 Å². The molecule has 0 aliphatic heterocycles. The molecule has 0 spiro atoms. The highest BCUT2D eigenvalue weighted by Crippen LogP contribution is 2.25. The molecule has 0 radical (unpaired) electrons. The highest BCUT2D eigenvalue weighted by molar-refractivity contribution is 9.10. The van der Waals surface area contributed by atoms with Crippen LogP contribution in [0.4, 0.5) is 0 Å². The zero-order valence-electron chi connectivity index (χ0n) is 13.2. The van der Waals surface area contributed by atoms with E-state index >= 15 is 0 Å². The predicted octanol–water partition coefficient (Wildman–Crippen LogP) is 3.19. The molecule has 0 amide bonds. The first-order valence-electron chi connectivity index (χ1n) is 7.49. The standard InChI is InChI=1S/C15H27BrN2O2/c1-6-11-14(16)12(18(7-2)17-11)9-13(19)15(10(4)5)20-8-3/h10,13,15,19H,6-9H2,1-5H3. The summed E-state index contributed by atoms with van der Waals surface area (Å²) in [7, 11) is 0. The van der Waals surface area contributed by atoms with Gasteiger partial charge in [0, 0.05) is 19.6 Å². The molecule has 4 nitrogen and oxygen atoms in total. The molecular formula is C15H27BrN2O2. The number of hydrogen-bond acceptors (Lipinski definition) is 3. The Morgan fingerprint density at radius 2 is 1.95 bits per heavy atom. The van der Waals surface area contributed by atoms with E-state index in [-0.39, 0.29) is 12.0 Å². The molecule has 2 unspecified atom stereocenters. The number of halogens is 1. The van der Waals surface area contributed by atoms with Crippen LogP contribution in [0.2, 0.25) is 0 Å². The van der Waals surface area contributed by atoms with Gasteiger partial charge < -0.3 is 9.84 Å². The molecule has 1 aromatic rings. The lowest BCUT2D eigenvalue weighted by molar-refractivity contribution is -0.0569. The van der Waals surface area contributed by atoms with Crippen molar-refractivity contribution in [1.29, 1.82) is 0 Å². The van der Waals surface area contributed by atoms with Crippen LogP contribution >= 0.6 is 15.9 Å². The molecule has 0 saturated carbocycles. The Balaban J connectivity index is 2.93. The van der Waals surface area contributed by atoms with Crippen LogP contribution in [0.3, 0.4) is 0 Å². The van der Waals surface area contributed by atoms with Crippen molar-refractivity contribution in [3.05, 3.63) is 15.9 Å². The highest BCUT2D eigenvalue weighted by atomic mass is 79.9. The van der Waals surface area contributed by atoms with Crippen LogP contribution in [-0.2, 0) is 24.1 Å². The Morgan fingerprint density at radius 1 is 1.30 bits per heavy atom. The second-order valence-electron chi connectivity index (χ2n) is 5.31. The van der Waals surface area contributed by atoms with Crippen LogP contribution in [0.25, 0.3) is 0 Å². The fourth-order valence-corrected chi connectivity index (χ4v) is 3.19. The minimum Gasteiger partial charge on any atom is -0.390 e. The van der Waals surface area contributed by atoms with Gasteiger partial charge in [-0.15, -0.1) is 0 Å². The molecule has 1 N–H and O–H groups in total. The number of ether oxygens (including phenoxy) is 1. The normalized spacial score (nSPS) is 14.8. The summed E-state index contributed by atoms with van der Waals surface area (Å²) in [6, 6.07) is 0. The van der Waals surface area contributed by atoms with Gasteiger partial charge in [0.05, 0.1) is 28.1 Å². The zero-order chi connectivity index (χ0) is 15.3. The lowest BCUT2D eigenvalue weighted by atomic mass is 9.98. The van der Waals surface area contributed by atoms with Gasteiger partial charge in [-0.1, -0.05) is 20.8 Å². The van der Waals surface area contributed by atoms with E-state index in [1.54, 1.807) is 0 Å². The summed E-state index contributed by atoms with van der Waals surface area (Å²) < 4.78 is 8.68. The number of nitrogens with zero attached hydrogens (tertiary/aromatic N) is 2. The molecule has 0 aliphatic rings. The number of hydrogen-bond donors (Lipinski definition) is 1. The molecule has 1 aromatic heterocycles. The third-order valence-electron chi connectivity index (χ3n) is 3.49. The van der Waals surface area contributed by atoms with E-state index in [0.717, 1.165) is 28.8 Å². The van der Waals surface area contributed by atoms with Crippen LogP contribution in [0.1, 0.15) is 46.0 Å². The van der Waals surface area contributed by atoms with E-state index in [9.17, 15) is 5.11 Å². The Kier molecular flexibility index (Phi) is 7.20. The maximum atomic E-state index is 10.5. The third kappa shape index (κ3) is 4.06. The molecule has 1 rings (SSSR count). The van der Waals surface area contributed by atoms with Crippen LogP contribution < -0.4 is 0 Å². The van der Waals surface area contributed by atoms with Gasteiger partial charge >= 0.3 is 0 Å². The predicted molar refractivity (Wildman–Crippen MR) is 84.9 cm³/mol. The SMILES string of the molecule is CCOC(C(C)C)C(O)Cc1c(Br)c(CC)nn1CC. The van der Waals surface area contributed by atoms with Gasteiger partial charge in [0.1, 0.15) is 0 Å². The number of aliphatic hydroxyl groups is 1. The van der Waals surface area contributed by atoms with Crippen LogP contribution in [-0.4, -0.2) is 33.7 Å². The third-order valence-corrected chi connectivity index (χ3v) is 4.41. The number of rotatable bonds is 8. The first-order chi connectivity index (χ1) is 9.46. The number of aliphatic hydroxyl groups excluding tert-OH is 1. The molecule has 0 aliphatic carbocycles. The van der Waals surface area contributed by atoms with Crippen molar-refractivity contribution in [3.63, 3.8) is 0 Å². The van der Waals surface area contributed by atoms with Gasteiger partial charge in [-0.25, -0.2) is 0 Å². The summed E-state index contributed by atoms with van der Waals surface area (Å²) in [6.07, 6.45) is 0.787. The molecule has 5 heteroatoms. The van der Waals surface area contributed by atoms with Crippen molar-refractivity contribution in [2.45, 2.75) is 66.2 Å². The van der Waals surface area contributed by atoms with Gasteiger partial charge in [-0.2, -0.15) is 5.10 Å². The molecule has 116 valence electrons. The summed E-state index contributed by atoms with van der Waals surface area (Å²) >= 11 is 3.62. The average Bonchev–Trinajstić information content (AvgIpc) is 2.72. The van der Waals surface area contributed by atoms with E-state index < -0.39 is 6.10 Å². The van der Waals surface area contributed by atoms with Gasteiger partial charge in [0.15, 0.2) is 0 Å². The molecule has 2 atom stereocenters. The van der Waals surface area contributed by atoms with E-state index in [2.05, 4.69) is 48.7 Å². The fraction of sp³-hybridized carbons (Fsp3) is 0.800. The Labute approximate surface area is 130 Å². The van der Waals surface area contributed by atoms with Gasteiger partial charge in [-0.05, 0) is 42.1 Å². The number of aryl methyl sites for hydroxylation is 2. The quantitative estimate of drug-likeness (QED) is 0.786. The largest absolute Gasteiger partial charge is 0.390 e. The summed E-state index contributed by atoms with van der Waals surface area (Å²) in [5, 5.41) is 15.1. The molecule has 0 saturated heterocycles. The Morgan fingerprint density at radius 3 is 2.40 bits per heavy atom. The maximum Gasteiger partial charge on any atom is 0.0860 e. The molecular weight excluding hydrogens is 320 g/mol. The van der Waals surface area contributed by atoms with Crippen molar-refractivity contribution in [3.8, 4) is 0 Å². The molecule has 0 fully saturated rings. The summed E-state index contributed by atoms with van der Waals surface area (Å²) in [5.74, 6) is 0.285. The van der Waals surface area contributed by atoms with Crippen molar-refractivity contribution in [2.24, 2.45) is 5.92 Å². The van der Waals surface area contributed by atoms with E-state index in [0.29, 0.717) is 13.0 Å². The van der Waals surface area contributed by atoms with Crippen LogP contribution in [0.15, 0.2) is 4.47 Å². The smallest absolute Gasteiger partial charge is 0.0860 e. The summed E-state index contributed by atoms with van der Waals surface area (Å²) in [4.78, 5) is 0. The summed E-state index contributed by atoms with van der Waals surface area (Å²) in [5.41, 5.74) is 2.11.